The van der Waals surface area contributed by atoms with Crippen molar-refractivity contribution in [3.63, 3.8) is 0 Å². The highest BCUT2D eigenvalue weighted by Crippen LogP contribution is 2.46. The fourth-order valence-corrected chi connectivity index (χ4v) is 11.6. The third kappa shape index (κ3) is 11.0. The maximum Gasteiger partial charge on any atom is 0.267 e. The number of amides is 1. The minimum absolute atomic E-state index is 0.00947. The van der Waals surface area contributed by atoms with E-state index in [9.17, 15) is 23.6 Å². The number of rotatable bonds is 10. The van der Waals surface area contributed by atoms with Gasteiger partial charge in [0, 0.05) is 74.8 Å². The summed E-state index contributed by atoms with van der Waals surface area (Å²) in [6, 6.07) is 21.1. The standard InChI is InChI=1S/C52H62ClN8O10S/c1-33-30-71-39(32-70-33)27-55-44-13-11-40(24-46(44)61(63)64)72(65,66)57-50(62)41-12-10-37(23-45(41)60-16-4-20-69-51-47(60)22-35-14-15-54-49(35)56-51)58-17-18-59-29-43-42(34-6-8-36(53)9-7-34)25-52(2,3)26-48(43)68-21-5-19-67-31-38(59)28-58/h6-15,22-24,33,38-39,48,55,63H,4-5,16-21,25-32H2,1-3H3,(H,54,56)(H,57,62)/q-1/t33-,38?,39?,48-/m1/s1. The molecule has 1 aliphatic carbocycles. The monoisotopic (exact) mass is 1030 g/mol. The number of fused-ring (bicyclic) bond motifs is 4. The molecule has 5 aliphatic rings. The van der Waals surface area contributed by atoms with Crippen LogP contribution in [-0.4, -0.2) is 138 Å². The first-order valence-corrected chi connectivity index (χ1v) is 26.6. The smallest absolute Gasteiger partial charge is 0.267 e. The van der Waals surface area contributed by atoms with E-state index in [1.807, 2.05) is 48.2 Å². The molecule has 3 saturated heterocycles. The van der Waals surface area contributed by atoms with Crippen molar-refractivity contribution in [1.29, 1.82) is 0 Å². The molecule has 6 heterocycles. The van der Waals surface area contributed by atoms with Crippen molar-refractivity contribution in [3.8, 4) is 5.88 Å². The van der Waals surface area contributed by atoms with Gasteiger partial charge in [0.1, 0.15) is 11.3 Å². The van der Waals surface area contributed by atoms with Crippen LogP contribution in [0.25, 0.3) is 16.6 Å². The fourth-order valence-electron chi connectivity index (χ4n) is 10.4. The second-order valence-electron chi connectivity index (χ2n) is 20.1. The van der Waals surface area contributed by atoms with Gasteiger partial charge in [-0.25, -0.2) is 13.1 Å². The number of halogens is 1. The number of nitrogens with one attached hydrogen (secondary N) is 3. The van der Waals surface area contributed by atoms with Crippen LogP contribution in [-0.2, 0) is 29.0 Å². The Morgan fingerprint density at radius 1 is 0.958 bits per heavy atom. The molecule has 0 bridgehead atoms. The molecule has 1 amide bonds. The SMILES string of the molecule is C[C@@H]1COC(CNc2ccc(S(=O)(=O)NC(=O)c3ccc(N4CCN5CC6=C(c7ccc(Cl)cc7)CC(C)(C)C[C@H]6OCCCOCC5C4)cc3N3CCCOc4nc5[nH]ccc5cc43)cc2N([O-])O)CO1. The summed E-state index contributed by atoms with van der Waals surface area (Å²) in [5.41, 5.74) is 6.27. The summed E-state index contributed by atoms with van der Waals surface area (Å²) in [6.07, 6.45) is 4.58. The highest BCUT2D eigenvalue weighted by Gasteiger charge is 2.39. The molecule has 2 unspecified atom stereocenters. The van der Waals surface area contributed by atoms with Gasteiger partial charge in [-0.3, -0.25) is 14.9 Å². The number of carbonyl (C=O) groups excluding carboxylic acids is 1. The van der Waals surface area contributed by atoms with E-state index in [4.69, 9.17) is 40.3 Å². The summed E-state index contributed by atoms with van der Waals surface area (Å²) in [7, 11) is -4.61. The number of carbonyl (C=O) groups is 1. The molecule has 384 valence electrons. The van der Waals surface area contributed by atoms with E-state index in [0.29, 0.717) is 93.6 Å². The number of aromatic amines is 1. The lowest BCUT2D eigenvalue weighted by atomic mass is 9.71. The highest BCUT2D eigenvalue weighted by molar-refractivity contribution is 7.90. The summed E-state index contributed by atoms with van der Waals surface area (Å²) in [4.78, 5) is 28.9. The van der Waals surface area contributed by atoms with E-state index >= 15 is 0 Å². The van der Waals surface area contributed by atoms with Gasteiger partial charge in [0.05, 0.1) is 78.3 Å². The van der Waals surface area contributed by atoms with Gasteiger partial charge in [-0.15, -0.1) is 0 Å². The van der Waals surface area contributed by atoms with Crippen molar-refractivity contribution < 1.29 is 42.1 Å². The van der Waals surface area contributed by atoms with Crippen molar-refractivity contribution in [1.82, 2.24) is 19.6 Å². The molecular formula is C52H62ClN8O10S-. The molecule has 72 heavy (non-hydrogen) atoms. The summed E-state index contributed by atoms with van der Waals surface area (Å²) in [6.45, 7) is 12.7. The number of hydrogen-bond donors (Lipinski definition) is 4. The number of pyridine rings is 1. The van der Waals surface area contributed by atoms with E-state index in [1.165, 1.54) is 23.3 Å². The molecule has 18 nitrogen and oxygen atoms in total. The van der Waals surface area contributed by atoms with Crippen LogP contribution < -0.4 is 29.8 Å². The predicted octanol–water partition coefficient (Wildman–Crippen LogP) is 7.73. The van der Waals surface area contributed by atoms with Crippen molar-refractivity contribution in [2.45, 2.75) is 75.7 Å². The normalized spacial score (nSPS) is 23.2. The first-order chi connectivity index (χ1) is 34.7. The van der Waals surface area contributed by atoms with Crippen LogP contribution in [0.5, 0.6) is 5.88 Å². The summed E-state index contributed by atoms with van der Waals surface area (Å²) >= 11 is 6.38. The van der Waals surface area contributed by atoms with Gasteiger partial charge in [-0.2, -0.15) is 4.98 Å². The third-order valence-corrected chi connectivity index (χ3v) is 15.8. The number of H-pyrrole nitrogens is 1. The molecule has 5 aromatic rings. The first-order valence-electron chi connectivity index (χ1n) is 24.7. The number of ether oxygens (including phenoxy) is 5. The number of sulfonamides is 1. The molecule has 4 N–H and O–H groups in total. The Hall–Kier alpha value is -5.48. The van der Waals surface area contributed by atoms with Crippen LogP contribution in [0.1, 0.15) is 62.4 Å². The average Bonchev–Trinajstić information content (AvgIpc) is 3.71. The number of benzene rings is 3. The predicted molar refractivity (Wildman–Crippen MR) is 276 cm³/mol. The first kappa shape index (κ1) is 50.1. The van der Waals surface area contributed by atoms with Gasteiger partial charge < -0.3 is 54.2 Å². The molecule has 0 spiro atoms. The molecule has 4 aliphatic heterocycles. The quantitative estimate of drug-likeness (QED) is 0.0988. The zero-order valence-corrected chi connectivity index (χ0v) is 42.3. The van der Waals surface area contributed by atoms with Crippen molar-refractivity contribution in [2.24, 2.45) is 5.41 Å². The van der Waals surface area contributed by atoms with Crippen LogP contribution in [0, 0.1) is 10.6 Å². The lowest BCUT2D eigenvalue weighted by Gasteiger charge is -2.45. The largest absolute Gasteiger partial charge is 0.733 e. The van der Waals surface area contributed by atoms with Gasteiger partial charge >= 0.3 is 0 Å². The van der Waals surface area contributed by atoms with Crippen LogP contribution in [0.2, 0.25) is 5.02 Å². The van der Waals surface area contributed by atoms with Gasteiger partial charge in [0.15, 0.2) is 0 Å². The lowest BCUT2D eigenvalue weighted by molar-refractivity contribution is -0.121. The average molecular weight is 1030 g/mol. The van der Waals surface area contributed by atoms with Gasteiger partial charge in [0.2, 0.25) is 5.88 Å². The summed E-state index contributed by atoms with van der Waals surface area (Å²) in [5, 5.41) is 26.7. The molecule has 0 saturated carbocycles. The van der Waals surface area contributed by atoms with E-state index in [-0.39, 0.29) is 53.3 Å². The second kappa shape index (κ2) is 21.2. The van der Waals surface area contributed by atoms with E-state index in [2.05, 4.69) is 50.8 Å². The zero-order chi connectivity index (χ0) is 50.1. The maximum atomic E-state index is 14.6. The number of hydrogen-bond acceptors (Lipinski definition) is 16. The zero-order valence-electron chi connectivity index (χ0n) is 40.8. The van der Waals surface area contributed by atoms with Crippen LogP contribution in [0.4, 0.5) is 28.4 Å². The molecule has 2 aromatic heterocycles. The highest BCUT2D eigenvalue weighted by atomic mass is 35.5. The van der Waals surface area contributed by atoms with Gasteiger partial charge in [-0.05, 0) is 115 Å². The molecule has 3 aromatic carbocycles. The van der Waals surface area contributed by atoms with E-state index in [1.54, 1.807) is 12.3 Å². The van der Waals surface area contributed by atoms with Crippen molar-refractivity contribution in [3.05, 3.63) is 106 Å². The van der Waals surface area contributed by atoms with Gasteiger partial charge in [0.25, 0.3) is 15.9 Å². The van der Waals surface area contributed by atoms with Crippen molar-refractivity contribution in [2.75, 3.05) is 99.3 Å². The van der Waals surface area contributed by atoms with Crippen molar-refractivity contribution >= 4 is 72.6 Å². The Morgan fingerprint density at radius 3 is 2.61 bits per heavy atom. The second-order valence-corrected chi connectivity index (χ2v) is 22.2. The Balaban J connectivity index is 0.961. The fraction of sp³-hybridized carbons (Fsp3) is 0.462. The lowest BCUT2D eigenvalue weighted by Crippen LogP contribution is -2.56. The Kier molecular flexibility index (Phi) is 14.7. The minimum Gasteiger partial charge on any atom is -0.733 e. The van der Waals surface area contributed by atoms with Crippen LogP contribution in [0.15, 0.2) is 89.5 Å². The molecule has 10 rings (SSSR count). The molecule has 3 fully saturated rings. The van der Waals surface area contributed by atoms with Crippen LogP contribution >= 0.6 is 11.6 Å². The summed E-state index contributed by atoms with van der Waals surface area (Å²) in [5.74, 6) is -0.520. The number of anilines is 5. The molecule has 0 radical (unpaired) electrons. The number of nitrogens with zero attached hydrogens (tertiary/aromatic N) is 5. The van der Waals surface area contributed by atoms with Gasteiger partial charge in [-0.1, -0.05) is 37.6 Å². The number of aromatic nitrogens is 2. The van der Waals surface area contributed by atoms with E-state index in [0.717, 1.165) is 55.1 Å². The Bertz CT molecular complexity index is 2910. The summed E-state index contributed by atoms with van der Waals surface area (Å²) < 4.78 is 61.2. The van der Waals surface area contributed by atoms with E-state index < -0.39 is 26.1 Å². The Labute approximate surface area is 424 Å². The molecular weight excluding hydrogens is 964 g/mol. The Morgan fingerprint density at radius 2 is 1.81 bits per heavy atom. The minimum atomic E-state index is -4.61. The molecule has 20 heteroatoms. The topological polar surface area (TPSA) is 206 Å². The maximum absolute atomic E-state index is 14.6. The third-order valence-electron chi connectivity index (χ3n) is 14.2. The molecule has 4 atom stereocenters. The number of allylic oxidation sites excluding steroid dienone is 1. The number of piperazine rings is 1. The van der Waals surface area contributed by atoms with Crippen LogP contribution in [0.3, 0.4) is 0 Å².